The first kappa shape index (κ1) is 15.1. The molecule has 2 amide bonds. The molecule has 26 heavy (non-hydrogen) atoms. The van der Waals surface area contributed by atoms with E-state index in [0.29, 0.717) is 5.75 Å². The van der Waals surface area contributed by atoms with Crippen LogP contribution in [0.15, 0.2) is 29.4 Å². The second kappa shape index (κ2) is 5.13. The van der Waals surface area contributed by atoms with E-state index in [9.17, 15) is 19.7 Å². The van der Waals surface area contributed by atoms with Crippen molar-refractivity contribution in [2.75, 3.05) is 6.79 Å². The number of allylic oxidation sites excluding steroid dienone is 2. The fraction of sp³-hybridized carbons (Fsp3) is 0.353. The number of carbonyl (C=O) groups excluding carboxylic acids is 2. The van der Waals surface area contributed by atoms with Gasteiger partial charge >= 0.3 is 0 Å². The molecule has 1 saturated heterocycles. The van der Waals surface area contributed by atoms with Crippen LogP contribution in [-0.4, -0.2) is 34.8 Å². The summed E-state index contributed by atoms with van der Waals surface area (Å²) >= 11 is 0. The van der Waals surface area contributed by atoms with E-state index in [0.717, 1.165) is 17.6 Å². The summed E-state index contributed by atoms with van der Waals surface area (Å²) in [4.78, 5) is 35.9. The predicted molar refractivity (Wildman–Crippen MR) is 86.4 cm³/mol. The van der Waals surface area contributed by atoms with E-state index in [-0.39, 0.29) is 59.3 Å². The van der Waals surface area contributed by atoms with E-state index in [1.807, 2.05) is 12.2 Å². The lowest BCUT2D eigenvalue weighted by Crippen LogP contribution is -2.28. The van der Waals surface area contributed by atoms with Gasteiger partial charge in [0.15, 0.2) is 11.5 Å². The molecule has 0 aromatic heterocycles. The molecule has 1 aromatic carbocycles. The maximum absolute atomic E-state index is 12.6. The van der Waals surface area contributed by atoms with Crippen LogP contribution >= 0.6 is 0 Å². The van der Waals surface area contributed by atoms with Gasteiger partial charge in [0.25, 0.3) is 17.5 Å². The molecule has 4 unspecified atom stereocenters. The van der Waals surface area contributed by atoms with Crippen molar-refractivity contribution in [3.05, 3.63) is 40.0 Å². The molecule has 5 rings (SSSR count). The van der Waals surface area contributed by atoms with Gasteiger partial charge in [-0.2, -0.15) is 10.1 Å². The third-order valence-corrected chi connectivity index (χ3v) is 5.48. The third kappa shape index (κ3) is 1.94. The van der Waals surface area contributed by atoms with E-state index in [4.69, 9.17) is 9.47 Å². The van der Waals surface area contributed by atoms with Crippen LogP contribution in [0.25, 0.3) is 0 Å². The van der Waals surface area contributed by atoms with Crippen molar-refractivity contribution < 1.29 is 24.0 Å². The van der Waals surface area contributed by atoms with Crippen molar-refractivity contribution in [1.29, 1.82) is 0 Å². The summed E-state index contributed by atoms with van der Waals surface area (Å²) in [5, 5.41) is 16.1. The van der Waals surface area contributed by atoms with Crippen molar-refractivity contribution >= 4 is 23.7 Å². The van der Waals surface area contributed by atoms with Crippen LogP contribution < -0.4 is 9.47 Å². The van der Waals surface area contributed by atoms with Gasteiger partial charge in [0.05, 0.1) is 34.6 Å². The highest BCUT2D eigenvalue weighted by atomic mass is 16.7. The highest BCUT2D eigenvalue weighted by molar-refractivity contribution is 6.07. The molecule has 2 heterocycles. The molecule has 0 spiro atoms. The van der Waals surface area contributed by atoms with Gasteiger partial charge in [-0.3, -0.25) is 19.7 Å². The fourth-order valence-corrected chi connectivity index (χ4v) is 4.33. The lowest BCUT2D eigenvalue weighted by atomic mass is 9.85. The summed E-state index contributed by atoms with van der Waals surface area (Å²) in [5.41, 5.74) is -0.1000. The van der Waals surface area contributed by atoms with Crippen molar-refractivity contribution in [3.63, 3.8) is 0 Å². The van der Waals surface area contributed by atoms with Crippen LogP contribution in [0.2, 0.25) is 0 Å². The summed E-state index contributed by atoms with van der Waals surface area (Å²) in [6.45, 7) is -0.0185. The van der Waals surface area contributed by atoms with Crippen LogP contribution in [0, 0.1) is 33.8 Å². The molecular weight excluding hydrogens is 342 g/mol. The van der Waals surface area contributed by atoms with E-state index in [1.165, 1.54) is 12.1 Å². The van der Waals surface area contributed by atoms with Crippen LogP contribution in [0.3, 0.4) is 0 Å². The molecular formula is C17H13N3O6. The van der Waals surface area contributed by atoms with Gasteiger partial charge in [0, 0.05) is 0 Å². The van der Waals surface area contributed by atoms with Crippen molar-refractivity contribution in [2.45, 2.75) is 6.42 Å². The monoisotopic (exact) mass is 355 g/mol. The zero-order valence-corrected chi connectivity index (χ0v) is 13.4. The van der Waals surface area contributed by atoms with E-state index in [2.05, 4.69) is 5.10 Å². The molecule has 2 aliphatic heterocycles. The van der Waals surface area contributed by atoms with E-state index < -0.39 is 4.92 Å². The Morgan fingerprint density at radius 2 is 1.73 bits per heavy atom. The largest absolute Gasteiger partial charge is 0.454 e. The molecule has 1 saturated carbocycles. The van der Waals surface area contributed by atoms with Gasteiger partial charge in [-0.25, -0.2) is 0 Å². The average Bonchev–Trinajstić information content (AvgIpc) is 3.37. The summed E-state index contributed by atoms with van der Waals surface area (Å²) in [6, 6.07) is 2.66. The fourth-order valence-electron chi connectivity index (χ4n) is 4.33. The standard InChI is InChI=1S/C17H13N3O6/c21-16-14-8-1-2-9(3-8)15(14)17(22)19(16)18-6-10-4-12-13(26-7-25-12)5-11(10)20(23)24/h1-2,4-6,8-9,14-15H,3,7H2. The van der Waals surface area contributed by atoms with Crippen molar-refractivity contribution in [2.24, 2.45) is 28.8 Å². The van der Waals surface area contributed by atoms with Crippen molar-refractivity contribution in [3.8, 4) is 11.5 Å². The van der Waals surface area contributed by atoms with Gasteiger partial charge in [-0.1, -0.05) is 12.2 Å². The Morgan fingerprint density at radius 1 is 1.12 bits per heavy atom. The van der Waals surface area contributed by atoms with Gasteiger partial charge in [0.1, 0.15) is 0 Å². The van der Waals surface area contributed by atoms with Crippen molar-refractivity contribution in [1.82, 2.24) is 5.01 Å². The Balaban J connectivity index is 1.47. The number of hydrazone groups is 1. The number of benzene rings is 1. The topological polar surface area (TPSA) is 111 Å². The van der Waals surface area contributed by atoms with Crippen LogP contribution in [0.5, 0.6) is 11.5 Å². The number of nitro groups is 1. The normalized spacial score (nSPS) is 30.7. The Morgan fingerprint density at radius 3 is 2.35 bits per heavy atom. The quantitative estimate of drug-likeness (QED) is 0.267. The zero-order valence-electron chi connectivity index (χ0n) is 13.4. The average molecular weight is 355 g/mol. The summed E-state index contributed by atoms with van der Waals surface area (Å²) in [5.74, 6) is -0.589. The van der Waals surface area contributed by atoms with Gasteiger partial charge in [0.2, 0.25) is 6.79 Å². The summed E-state index contributed by atoms with van der Waals surface area (Å²) in [6.07, 6.45) is 5.98. The number of fused-ring (bicyclic) bond motifs is 6. The number of imide groups is 1. The Hall–Kier alpha value is -3.23. The predicted octanol–water partition coefficient (Wildman–Crippen LogP) is 1.46. The van der Waals surface area contributed by atoms with E-state index in [1.54, 1.807) is 0 Å². The highest BCUT2D eigenvalue weighted by Crippen LogP contribution is 2.52. The molecule has 2 bridgehead atoms. The number of ether oxygens (including phenoxy) is 2. The molecule has 2 aliphatic carbocycles. The van der Waals surface area contributed by atoms with Crippen LogP contribution in [0.4, 0.5) is 5.69 Å². The molecule has 9 heteroatoms. The number of nitrogens with zero attached hydrogens (tertiary/aromatic N) is 3. The molecule has 0 radical (unpaired) electrons. The summed E-state index contributed by atoms with van der Waals surface area (Å²) < 4.78 is 10.4. The number of nitro benzene ring substituents is 1. The second-order valence-electron chi connectivity index (χ2n) is 6.75. The van der Waals surface area contributed by atoms with Crippen LogP contribution in [0.1, 0.15) is 12.0 Å². The lowest BCUT2D eigenvalue weighted by Gasteiger charge is -2.13. The Kier molecular flexibility index (Phi) is 2.97. The molecule has 4 aliphatic rings. The minimum absolute atomic E-state index is 0.0185. The molecule has 2 fully saturated rings. The first-order chi connectivity index (χ1) is 12.5. The minimum Gasteiger partial charge on any atom is -0.454 e. The van der Waals surface area contributed by atoms with Gasteiger partial charge in [-0.15, -0.1) is 0 Å². The zero-order chi connectivity index (χ0) is 18.0. The molecule has 1 aromatic rings. The number of hydrogen-bond acceptors (Lipinski definition) is 7. The number of rotatable bonds is 3. The number of carbonyl (C=O) groups is 2. The van der Waals surface area contributed by atoms with Crippen LogP contribution in [-0.2, 0) is 9.59 Å². The maximum atomic E-state index is 12.6. The Labute approximate surface area is 147 Å². The number of amides is 2. The van der Waals surface area contributed by atoms with Gasteiger partial charge < -0.3 is 9.47 Å². The molecule has 4 atom stereocenters. The second-order valence-corrected chi connectivity index (χ2v) is 6.75. The lowest BCUT2D eigenvalue weighted by molar-refractivity contribution is -0.385. The Bertz CT molecular complexity index is 893. The smallest absolute Gasteiger partial charge is 0.282 e. The molecule has 0 N–H and O–H groups in total. The third-order valence-electron chi connectivity index (χ3n) is 5.48. The summed E-state index contributed by atoms with van der Waals surface area (Å²) in [7, 11) is 0. The maximum Gasteiger partial charge on any atom is 0.282 e. The SMILES string of the molecule is O=C1C2C3C=CC(C3)C2C(=O)N1N=Cc1cc2c(cc1[N+](=O)[O-])OCO2. The highest BCUT2D eigenvalue weighted by Gasteiger charge is 2.59. The molecule has 132 valence electrons. The van der Waals surface area contributed by atoms with E-state index >= 15 is 0 Å². The molecule has 9 nitrogen and oxygen atoms in total. The number of hydrogen-bond donors (Lipinski definition) is 0. The first-order valence-corrected chi connectivity index (χ1v) is 8.23. The first-order valence-electron chi connectivity index (χ1n) is 8.23. The minimum atomic E-state index is -0.574. The van der Waals surface area contributed by atoms with Gasteiger partial charge in [-0.05, 0) is 24.3 Å².